The quantitative estimate of drug-likeness (QED) is 0.511. The number of rotatable bonds is 4. The van der Waals surface area contributed by atoms with E-state index in [9.17, 15) is 24.6 Å². The first-order chi connectivity index (χ1) is 10.9. The first-order valence-electron chi connectivity index (χ1n) is 7.46. The summed E-state index contributed by atoms with van der Waals surface area (Å²) in [5, 5.41) is 20.2. The molecule has 1 rings (SSSR count). The van der Waals surface area contributed by atoms with Crippen molar-refractivity contribution in [2.75, 3.05) is 6.61 Å². The molecule has 9 nitrogen and oxygen atoms in total. The fourth-order valence-corrected chi connectivity index (χ4v) is 2.07. The Morgan fingerprint density at radius 2 is 1.50 bits per heavy atom. The fourth-order valence-electron chi connectivity index (χ4n) is 2.07. The van der Waals surface area contributed by atoms with Gasteiger partial charge < -0.3 is 29.2 Å². The zero-order valence-electron chi connectivity index (χ0n) is 14.3. The van der Waals surface area contributed by atoms with Crippen LogP contribution in [-0.4, -0.2) is 65.4 Å². The van der Waals surface area contributed by atoms with Crippen molar-refractivity contribution in [3.8, 4) is 0 Å². The molecule has 138 valence electrons. The fraction of sp³-hybridized carbons (Fsp3) is 0.800. The molecule has 5 atom stereocenters. The predicted octanol–water partition coefficient (Wildman–Crippen LogP) is -0.483. The van der Waals surface area contributed by atoms with Crippen LogP contribution < -0.4 is 0 Å². The van der Waals surface area contributed by atoms with Gasteiger partial charge in [0.25, 0.3) is 0 Å². The number of carbonyl (C=O) groups excluding carboxylic acids is 3. The van der Waals surface area contributed by atoms with Crippen molar-refractivity contribution in [2.24, 2.45) is 5.41 Å². The third kappa shape index (κ3) is 5.43. The van der Waals surface area contributed by atoms with Crippen molar-refractivity contribution >= 4 is 17.9 Å². The van der Waals surface area contributed by atoms with Crippen molar-refractivity contribution < 1.29 is 43.5 Å². The Kier molecular flexibility index (Phi) is 6.70. The summed E-state index contributed by atoms with van der Waals surface area (Å²) < 4.78 is 20.1. The number of ether oxygens (including phenoxy) is 4. The first kappa shape index (κ1) is 20.3. The Morgan fingerprint density at radius 1 is 1.00 bits per heavy atom. The SMILES string of the molecule is CC(=O)O[C@H]1[C@@H](O)[C@H](OC(C)=O)[C@@H](COC(=O)C(C)(C)C)O[C@@H]1O. The lowest BCUT2D eigenvalue weighted by Crippen LogP contribution is -2.61. The van der Waals surface area contributed by atoms with Gasteiger partial charge in [0, 0.05) is 13.8 Å². The van der Waals surface area contributed by atoms with Crippen LogP contribution in [-0.2, 0) is 33.3 Å². The van der Waals surface area contributed by atoms with Crippen LogP contribution in [0, 0.1) is 5.41 Å². The lowest BCUT2D eigenvalue weighted by atomic mass is 9.97. The summed E-state index contributed by atoms with van der Waals surface area (Å²) >= 11 is 0. The van der Waals surface area contributed by atoms with E-state index < -0.39 is 54.0 Å². The van der Waals surface area contributed by atoms with Crippen LogP contribution in [0.2, 0.25) is 0 Å². The van der Waals surface area contributed by atoms with E-state index in [0.29, 0.717) is 0 Å². The van der Waals surface area contributed by atoms with Crippen molar-refractivity contribution in [3.05, 3.63) is 0 Å². The largest absolute Gasteiger partial charge is 0.462 e. The standard InChI is InChI=1S/C15H24O9/c1-7(16)22-11-9(6-21-14(20)15(3,4)5)24-13(19)12(10(11)18)23-8(2)17/h9-13,18-19H,6H2,1-5H3/t9-,10+,11-,12+,13+/m1/s1. The van der Waals surface area contributed by atoms with Gasteiger partial charge in [-0.15, -0.1) is 0 Å². The molecule has 0 aromatic carbocycles. The summed E-state index contributed by atoms with van der Waals surface area (Å²) in [6, 6.07) is 0. The summed E-state index contributed by atoms with van der Waals surface area (Å²) in [6.45, 7) is 6.83. The zero-order chi connectivity index (χ0) is 18.7. The molecule has 1 saturated heterocycles. The molecule has 0 saturated carbocycles. The van der Waals surface area contributed by atoms with Gasteiger partial charge in [-0.1, -0.05) is 0 Å². The molecular weight excluding hydrogens is 324 g/mol. The third-order valence-corrected chi connectivity index (χ3v) is 3.23. The van der Waals surface area contributed by atoms with Crippen LogP contribution in [0.15, 0.2) is 0 Å². The number of carbonyl (C=O) groups is 3. The monoisotopic (exact) mass is 348 g/mol. The highest BCUT2D eigenvalue weighted by Crippen LogP contribution is 2.26. The molecule has 0 radical (unpaired) electrons. The van der Waals surface area contributed by atoms with Crippen molar-refractivity contribution in [1.82, 2.24) is 0 Å². The summed E-state index contributed by atoms with van der Waals surface area (Å²) in [6.07, 6.45) is -7.02. The van der Waals surface area contributed by atoms with Gasteiger partial charge in [0.05, 0.1) is 5.41 Å². The van der Waals surface area contributed by atoms with Gasteiger partial charge in [-0.2, -0.15) is 0 Å². The summed E-state index contributed by atoms with van der Waals surface area (Å²) in [5.41, 5.74) is -0.761. The molecule has 0 aromatic heterocycles. The van der Waals surface area contributed by atoms with Gasteiger partial charge in [-0.05, 0) is 20.8 Å². The Labute approximate surface area is 139 Å². The van der Waals surface area contributed by atoms with Crippen LogP contribution in [0.3, 0.4) is 0 Å². The Morgan fingerprint density at radius 3 is 1.96 bits per heavy atom. The van der Waals surface area contributed by atoms with Crippen LogP contribution in [0.5, 0.6) is 0 Å². The maximum atomic E-state index is 11.8. The van der Waals surface area contributed by atoms with Gasteiger partial charge in [-0.3, -0.25) is 14.4 Å². The van der Waals surface area contributed by atoms with E-state index in [4.69, 9.17) is 18.9 Å². The lowest BCUT2D eigenvalue weighted by Gasteiger charge is -2.41. The average Bonchev–Trinajstić information content (AvgIpc) is 2.42. The van der Waals surface area contributed by atoms with E-state index in [1.54, 1.807) is 20.8 Å². The molecule has 0 unspecified atom stereocenters. The number of hydrogen-bond donors (Lipinski definition) is 2. The minimum Gasteiger partial charge on any atom is -0.462 e. The maximum absolute atomic E-state index is 11.8. The molecule has 1 heterocycles. The average molecular weight is 348 g/mol. The smallest absolute Gasteiger partial charge is 0.311 e. The molecule has 2 N–H and O–H groups in total. The number of aliphatic hydroxyl groups excluding tert-OH is 2. The van der Waals surface area contributed by atoms with Gasteiger partial charge in [-0.25, -0.2) is 0 Å². The number of aliphatic hydroxyl groups is 2. The highest BCUT2D eigenvalue weighted by atomic mass is 16.7. The molecule has 0 amide bonds. The summed E-state index contributed by atoms with van der Waals surface area (Å²) in [4.78, 5) is 34.1. The molecule has 1 fully saturated rings. The highest BCUT2D eigenvalue weighted by molar-refractivity contribution is 5.75. The third-order valence-electron chi connectivity index (χ3n) is 3.23. The minimum atomic E-state index is -1.66. The van der Waals surface area contributed by atoms with Gasteiger partial charge in [0.2, 0.25) is 0 Å². The van der Waals surface area contributed by atoms with E-state index in [2.05, 4.69) is 0 Å². The molecule has 0 bridgehead atoms. The lowest BCUT2D eigenvalue weighted by molar-refractivity contribution is -0.294. The molecular formula is C15H24O9. The second-order valence-corrected chi connectivity index (χ2v) is 6.55. The van der Waals surface area contributed by atoms with E-state index in [-0.39, 0.29) is 6.61 Å². The van der Waals surface area contributed by atoms with Gasteiger partial charge in [0.15, 0.2) is 18.5 Å². The Bertz CT molecular complexity index is 482. The maximum Gasteiger partial charge on any atom is 0.311 e. The van der Waals surface area contributed by atoms with E-state index >= 15 is 0 Å². The second-order valence-electron chi connectivity index (χ2n) is 6.55. The van der Waals surface area contributed by atoms with Crippen LogP contribution in [0.4, 0.5) is 0 Å². The molecule has 9 heteroatoms. The van der Waals surface area contributed by atoms with Crippen molar-refractivity contribution in [3.63, 3.8) is 0 Å². The number of esters is 3. The van der Waals surface area contributed by atoms with E-state index in [0.717, 1.165) is 13.8 Å². The summed E-state index contributed by atoms with van der Waals surface area (Å²) in [5.74, 6) is -1.99. The molecule has 24 heavy (non-hydrogen) atoms. The molecule has 0 aliphatic carbocycles. The normalized spacial score (nSPS) is 30.4. The van der Waals surface area contributed by atoms with Crippen LogP contribution >= 0.6 is 0 Å². The zero-order valence-corrected chi connectivity index (χ0v) is 14.3. The molecule has 0 aromatic rings. The van der Waals surface area contributed by atoms with E-state index in [1.165, 1.54) is 0 Å². The van der Waals surface area contributed by atoms with Crippen molar-refractivity contribution in [2.45, 2.75) is 65.3 Å². The molecule has 0 spiro atoms. The predicted molar refractivity (Wildman–Crippen MR) is 78.4 cm³/mol. The van der Waals surface area contributed by atoms with E-state index in [1.807, 2.05) is 0 Å². The number of hydrogen-bond acceptors (Lipinski definition) is 9. The summed E-state index contributed by atoms with van der Waals surface area (Å²) in [7, 11) is 0. The Hall–Kier alpha value is -1.71. The van der Waals surface area contributed by atoms with Crippen LogP contribution in [0.25, 0.3) is 0 Å². The second kappa shape index (κ2) is 7.91. The topological polar surface area (TPSA) is 129 Å². The van der Waals surface area contributed by atoms with Gasteiger partial charge in [0.1, 0.15) is 18.8 Å². The van der Waals surface area contributed by atoms with Gasteiger partial charge >= 0.3 is 17.9 Å². The Balaban J connectivity index is 2.87. The van der Waals surface area contributed by atoms with Crippen LogP contribution in [0.1, 0.15) is 34.6 Å². The highest BCUT2D eigenvalue weighted by Gasteiger charge is 2.49. The minimum absolute atomic E-state index is 0.352. The molecule has 1 aliphatic heterocycles. The first-order valence-corrected chi connectivity index (χ1v) is 7.46. The van der Waals surface area contributed by atoms with Crippen molar-refractivity contribution in [1.29, 1.82) is 0 Å². The molecule has 1 aliphatic rings.